The molecular weight excluding hydrogens is 199 g/mol. The van der Waals surface area contributed by atoms with E-state index >= 15 is 0 Å². The largest absolute Gasteiger partial charge is 0.472 e. The van der Waals surface area contributed by atoms with Gasteiger partial charge in [0, 0.05) is 0 Å². The zero-order chi connectivity index (χ0) is 9.90. The second-order valence-corrected chi connectivity index (χ2v) is 4.07. The van der Waals surface area contributed by atoms with E-state index < -0.39 is 20.6 Å². The molecule has 1 aliphatic rings. The highest BCUT2D eigenvalue weighted by Gasteiger charge is 2.27. The molecule has 76 valence electrons. The highest BCUT2D eigenvalue weighted by atomic mass is 31.2. The van der Waals surface area contributed by atoms with Crippen LogP contribution in [0.1, 0.15) is 19.3 Å². The molecule has 1 aliphatic carbocycles. The summed E-state index contributed by atoms with van der Waals surface area (Å²) in [5.74, 6) is -0.555. The Hall–Kier alpha value is -0.420. The van der Waals surface area contributed by atoms with E-state index in [1.807, 2.05) is 0 Å². The Bertz CT molecular complexity index is 229. The molecule has 0 aromatic heterocycles. The molecule has 6 nitrogen and oxygen atoms in total. The molecule has 13 heavy (non-hydrogen) atoms. The van der Waals surface area contributed by atoms with E-state index in [1.54, 1.807) is 0 Å². The number of ether oxygens (including phenoxy) is 1. The van der Waals surface area contributed by atoms with Crippen molar-refractivity contribution in [1.29, 1.82) is 0 Å². The number of carbonyl (C=O) groups excluding carboxylic acids is 1. The monoisotopic (exact) mass is 210 g/mol. The standard InChI is InChI=1S/C6H11O6P/c7-6(5-2-1-3-5)11-4-12-13(8,9)10/h5H,1-4H2,(H2,8,9,10). The number of phosphoric acid groups is 1. The van der Waals surface area contributed by atoms with Gasteiger partial charge in [-0.3, -0.25) is 4.79 Å². The first-order valence-electron chi connectivity index (χ1n) is 3.86. The number of hydrogen-bond donors (Lipinski definition) is 2. The first-order chi connectivity index (χ1) is 5.99. The second kappa shape index (κ2) is 4.19. The lowest BCUT2D eigenvalue weighted by molar-refractivity contribution is -0.158. The minimum atomic E-state index is -4.52. The molecule has 1 fully saturated rings. The van der Waals surface area contributed by atoms with Gasteiger partial charge in [0.15, 0.2) is 0 Å². The van der Waals surface area contributed by atoms with Crippen molar-refractivity contribution in [2.24, 2.45) is 5.92 Å². The molecule has 0 aliphatic heterocycles. The first-order valence-corrected chi connectivity index (χ1v) is 5.39. The van der Waals surface area contributed by atoms with Crippen molar-refractivity contribution in [3.05, 3.63) is 0 Å². The summed E-state index contributed by atoms with van der Waals surface area (Å²) >= 11 is 0. The van der Waals surface area contributed by atoms with E-state index in [0.717, 1.165) is 19.3 Å². The number of phosphoric ester groups is 1. The van der Waals surface area contributed by atoms with Gasteiger partial charge in [0.05, 0.1) is 5.92 Å². The van der Waals surface area contributed by atoms with Gasteiger partial charge in [0.25, 0.3) is 0 Å². The van der Waals surface area contributed by atoms with Crippen LogP contribution < -0.4 is 0 Å². The van der Waals surface area contributed by atoms with Crippen molar-refractivity contribution in [2.45, 2.75) is 19.3 Å². The predicted octanol–water partition coefficient (Wildman–Crippen LogP) is 0.396. The summed E-state index contributed by atoms with van der Waals surface area (Å²) in [5, 5.41) is 0. The highest BCUT2D eigenvalue weighted by molar-refractivity contribution is 7.46. The Morgan fingerprint density at radius 1 is 1.46 bits per heavy atom. The van der Waals surface area contributed by atoms with Gasteiger partial charge in [0.1, 0.15) is 0 Å². The van der Waals surface area contributed by atoms with Crippen LogP contribution in [0.15, 0.2) is 0 Å². The van der Waals surface area contributed by atoms with Gasteiger partial charge in [-0.15, -0.1) is 0 Å². The molecular formula is C6H11O6P. The third-order valence-electron chi connectivity index (χ3n) is 1.86. The molecule has 0 bridgehead atoms. The molecule has 0 heterocycles. The highest BCUT2D eigenvalue weighted by Crippen LogP contribution is 2.35. The Kier molecular flexibility index (Phi) is 3.44. The van der Waals surface area contributed by atoms with E-state index in [-0.39, 0.29) is 5.92 Å². The molecule has 0 spiro atoms. The van der Waals surface area contributed by atoms with Gasteiger partial charge in [-0.25, -0.2) is 9.09 Å². The van der Waals surface area contributed by atoms with Crippen LogP contribution >= 0.6 is 7.82 Å². The van der Waals surface area contributed by atoms with Crippen molar-refractivity contribution in [1.82, 2.24) is 0 Å². The maximum Gasteiger partial charge on any atom is 0.472 e. The van der Waals surface area contributed by atoms with Crippen molar-refractivity contribution in [2.75, 3.05) is 6.79 Å². The van der Waals surface area contributed by atoms with E-state index in [4.69, 9.17) is 9.79 Å². The fourth-order valence-corrected chi connectivity index (χ4v) is 1.10. The average Bonchev–Trinajstić information content (AvgIpc) is 1.79. The molecule has 0 aromatic carbocycles. The van der Waals surface area contributed by atoms with Gasteiger partial charge >= 0.3 is 13.8 Å². The molecule has 0 atom stereocenters. The lowest BCUT2D eigenvalue weighted by Crippen LogP contribution is -2.24. The van der Waals surface area contributed by atoms with E-state index in [2.05, 4.69) is 9.26 Å². The van der Waals surface area contributed by atoms with Crippen LogP contribution in [-0.2, 0) is 18.6 Å². The smallest absolute Gasteiger partial charge is 0.438 e. The van der Waals surface area contributed by atoms with Gasteiger partial charge in [0.2, 0.25) is 6.79 Å². The van der Waals surface area contributed by atoms with Crippen LogP contribution in [0.3, 0.4) is 0 Å². The van der Waals surface area contributed by atoms with Gasteiger partial charge < -0.3 is 14.5 Å². The molecule has 1 rings (SSSR count). The van der Waals surface area contributed by atoms with Crippen molar-refractivity contribution < 1.29 is 28.4 Å². The predicted molar refractivity (Wildman–Crippen MR) is 41.4 cm³/mol. The number of rotatable bonds is 4. The third-order valence-corrected chi connectivity index (χ3v) is 2.30. The Morgan fingerprint density at radius 2 is 2.08 bits per heavy atom. The molecule has 0 unspecified atom stereocenters. The lowest BCUT2D eigenvalue weighted by atomic mass is 9.86. The van der Waals surface area contributed by atoms with E-state index in [0.29, 0.717) is 0 Å². The molecule has 0 radical (unpaired) electrons. The van der Waals surface area contributed by atoms with Crippen LogP contribution in [0, 0.1) is 5.92 Å². The molecule has 7 heteroatoms. The van der Waals surface area contributed by atoms with Gasteiger partial charge in [-0.1, -0.05) is 6.42 Å². The van der Waals surface area contributed by atoms with Crippen LogP contribution in [-0.4, -0.2) is 22.5 Å². The van der Waals surface area contributed by atoms with Crippen LogP contribution in [0.2, 0.25) is 0 Å². The van der Waals surface area contributed by atoms with E-state index in [9.17, 15) is 9.36 Å². The number of carbonyl (C=O) groups is 1. The summed E-state index contributed by atoms with van der Waals surface area (Å²) in [6.45, 7) is -0.681. The molecule has 0 aromatic rings. The topological polar surface area (TPSA) is 93.1 Å². The average molecular weight is 210 g/mol. The summed E-state index contributed by atoms with van der Waals surface area (Å²) in [6.07, 6.45) is 2.57. The number of hydrogen-bond acceptors (Lipinski definition) is 4. The summed E-state index contributed by atoms with van der Waals surface area (Å²) < 4.78 is 18.6. The fraction of sp³-hybridized carbons (Fsp3) is 0.833. The Balaban J connectivity index is 2.12. The lowest BCUT2D eigenvalue weighted by Gasteiger charge is -2.22. The zero-order valence-corrected chi connectivity index (χ0v) is 7.77. The molecule has 1 saturated carbocycles. The summed E-state index contributed by atoms with van der Waals surface area (Å²) in [6, 6.07) is 0. The quantitative estimate of drug-likeness (QED) is 0.396. The second-order valence-electron chi connectivity index (χ2n) is 2.83. The molecule has 0 amide bonds. The Morgan fingerprint density at radius 3 is 2.46 bits per heavy atom. The maximum absolute atomic E-state index is 11.0. The van der Waals surface area contributed by atoms with Crippen molar-refractivity contribution >= 4 is 13.8 Å². The normalized spacial score (nSPS) is 18.0. The molecule has 2 N–H and O–H groups in total. The summed E-state index contributed by atoms with van der Waals surface area (Å²) in [5.41, 5.74) is 0. The maximum atomic E-state index is 11.0. The van der Waals surface area contributed by atoms with Crippen LogP contribution in [0.5, 0.6) is 0 Å². The van der Waals surface area contributed by atoms with E-state index in [1.165, 1.54) is 0 Å². The van der Waals surface area contributed by atoms with Crippen molar-refractivity contribution in [3.63, 3.8) is 0 Å². The number of esters is 1. The van der Waals surface area contributed by atoms with Crippen LogP contribution in [0.4, 0.5) is 0 Å². The minimum Gasteiger partial charge on any atom is -0.438 e. The first kappa shape index (κ1) is 10.7. The summed E-state index contributed by atoms with van der Waals surface area (Å²) in [4.78, 5) is 27.4. The van der Waals surface area contributed by atoms with Crippen LogP contribution in [0.25, 0.3) is 0 Å². The zero-order valence-electron chi connectivity index (χ0n) is 6.88. The molecule has 0 saturated heterocycles. The minimum absolute atomic E-state index is 0.111. The fourth-order valence-electron chi connectivity index (χ4n) is 0.915. The SMILES string of the molecule is O=C(OCOP(=O)(O)O)C1CCC1. The van der Waals surface area contributed by atoms with Crippen molar-refractivity contribution in [3.8, 4) is 0 Å². The third kappa shape index (κ3) is 3.87. The van der Waals surface area contributed by atoms with Gasteiger partial charge in [-0.05, 0) is 12.8 Å². The van der Waals surface area contributed by atoms with Gasteiger partial charge in [-0.2, -0.15) is 0 Å². The Labute approximate surface area is 75.1 Å². The summed E-state index contributed by atoms with van der Waals surface area (Å²) in [7, 11) is -4.52.